The van der Waals surface area contributed by atoms with Crippen LogP contribution in [0.3, 0.4) is 0 Å². The van der Waals surface area contributed by atoms with Crippen molar-refractivity contribution < 1.29 is 19.1 Å². The Morgan fingerprint density at radius 2 is 1.65 bits per heavy atom. The van der Waals surface area contributed by atoms with Crippen LogP contribution in [0.15, 0.2) is 42.5 Å². The lowest BCUT2D eigenvalue weighted by molar-refractivity contribution is -0.226. The second-order valence-corrected chi connectivity index (χ2v) is 19.7. The fourth-order valence-electron chi connectivity index (χ4n) is 13.7. The van der Waals surface area contributed by atoms with Gasteiger partial charge in [0.25, 0.3) is 0 Å². The van der Waals surface area contributed by atoms with Gasteiger partial charge in [0.05, 0.1) is 12.1 Å². The highest BCUT2D eigenvalue weighted by Crippen LogP contribution is 2.77. The first-order chi connectivity index (χ1) is 22.9. The molecule has 0 N–H and O–H groups in total. The van der Waals surface area contributed by atoms with E-state index in [2.05, 4.69) is 66.3 Å². The van der Waals surface area contributed by atoms with Gasteiger partial charge in [0.2, 0.25) is 0 Å². The largest absolute Gasteiger partial charge is 0.456 e. The molecule has 6 aliphatic rings. The number of cyclic esters (lactones) is 1. The smallest absolute Gasteiger partial charge is 0.409 e. The number of rotatable bonds is 5. The minimum absolute atomic E-state index is 0.0298. The lowest BCUT2D eigenvalue weighted by atomic mass is 9.32. The van der Waals surface area contributed by atoms with Gasteiger partial charge in [0.1, 0.15) is 12.2 Å². The van der Waals surface area contributed by atoms with Gasteiger partial charge in [-0.1, -0.05) is 65.0 Å². The minimum Gasteiger partial charge on any atom is -0.456 e. The highest BCUT2D eigenvalue weighted by molar-refractivity contribution is 5.90. The monoisotopic (exact) mass is 669 g/mol. The third-order valence-corrected chi connectivity index (χ3v) is 16.0. The van der Waals surface area contributed by atoms with Crippen LogP contribution in [0.5, 0.6) is 0 Å². The van der Waals surface area contributed by atoms with Gasteiger partial charge in [-0.05, 0) is 165 Å². The van der Waals surface area contributed by atoms with Crippen LogP contribution in [0.2, 0.25) is 0 Å². The van der Waals surface area contributed by atoms with Crippen LogP contribution in [-0.4, -0.2) is 42.3 Å². The molecule has 1 aromatic rings. The van der Waals surface area contributed by atoms with Gasteiger partial charge in [0, 0.05) is 6.54 Å². The summed E-state index contributed by atoms with van der Waals surface area (Å²) in [6, 6.07) is 8.19. The Kier molecular flexibility index (Phi) is 8.16. The van der Waals surface area contributed by atoms with E-state index in [-0.39, 0.29) is 39.1 Å². The van der Waals surface area contributed by atoms with Gasteiger partial charge >= 0.3 is 12.1 Å². The summed E-state index contributed by atoms with van der Waals surface area (Å²) in [5, 5.41) is 0. The highest BCUT2D eigenvalue weighted by Gasteiger charge is 2.70. The number of allylic oxidation sites excluding steroid dienone is 3. The third-order valence-electron chi connectivity index (χ3n) is 16.0. The van der Waals surface area contributed by atoms with E-state index in [1.54, 1.807) is 0 Å². The number of amides is 1. The molecular formula is C44H63NO4. The van der Waals surface area contributed by atoms with Crippen LogP contribution in [0.4, 0.5) is 4.79 Å². The summed E-state index contributed by atoms with van der Waals surface area (Å²) in [6.07, 6.45) is 13.6. The Hall–Kier alpha value is -2.56. The second-order valence-electron chi connectivity index (χ2n) is 19.7. The number of benzene rings is 1. The summed E-state index contributed by atoms with van der Waals surface area (Å²) in [5.41, 5.74) is 5.14. The van der Waals surface area contributed by atoms with Crippen molar-refractivity contribution in [3.63, 3.8) is 0 Å². The number of fused-ring (bicyclic) bond motifs is 7. The molecule has 7 rings (SSSR count). The zero-order valence-corrected chi connectivity index (χ0v) is 32.0. The number of hydrogen-bond acceptors (Lipinski definition) is 4. The van der Waals surface area contributed by atoms with Crippen LogP contribution < -0.4 is 0 Å². The van der Waals surface area contributed by atoms with E-state index in [1.165, 1.54) is 68.1 Å². The van der Waals surface area contributed by atoms with E-state index in [0.717, 1.165) is 19.5 Å². The van der Waals surface area contributed by atoms with Crippen molar-refractivity contribution in [2.75, 3.05) is 19.7 Å². The molecule has 0 bridgehead atoms. The quantitative estimate of drug-likeness (QED) is 0.231. The van der Waals surface area contributed by atoms with Crippen molar-refractivity contribution >= 4 is 17.6 Å². The Labute approximate surface area is 296 Å². The Morgan fingerprint density at radius 1 is 0.939 bits per heavy atom. The lowest BCUT2D eigenvalue weighted by Gasteiger charge is -2.72. The Morgan fingerprint density at radius 3 is 2.29 bits per heavy atom. The number of ether oxygens (including phenoxy) is 2. The number of hydrogen-bond donors (Lipinski definition) is 0. The summed E-state index contributed by atoms with van der Waals surface area (Å²) >= 11 is 0. The minimum atomic E-state index is -0.507. The molecule has 0 spiro atoms. The topological polar surface area (TPSA) is 55.8 Å². The van der Waals surface area contributed by atoms with Crippen molar-refractivity contribution in [2.45, 2.75) is 126 Å². The average molecular weight is 670 g/mol. The van der Waals surface area contributed by atoms with Crippen molar-refractivity contribution in [2.24, 2.45) is 56.7 Å². The van der Waals surface area contributed by atoms with Crippen LogP contribution in [0.25, 0.3) is 5.57 Å². The first-order valence-corrected chi connectivity index (χ1v) is 19.5. The molecular weight excluding hydrogens is 606 g/mol. The van der Waals surface area contributed by atoms with E-state index in [1.807, 2.05) is 37.8 Å². The van der Waals surface area contributed by atoms with Gasteiger partial charge in [-0.15, -0.1) is 0 Å². The van der Waals surface area contributed by atoms with Gasteiger partial charge in [-0.2, -0.15) is 0 Å². The zero-order valence-electron chi connectivity index (χ0n) is 32.0. The Bertz CT molecular complexity index is 1550. The molecule has 268 valence electrons. The number of esters is 1. The number of carbonyl (C=O) groups excluding carboxylic acids is 2. The molecule has 1 aromatic carbocycles. The standard InChI is InChI=1S/C44H63NO4/c1-28(2)31-17-22-44(27-45-25-26-48-38(45)47)24-23-42(9)33(36(31)44)15-16-35-41(8)20-18-32(40(6,7)34(41)19-21-43(35,42)10)29-11-13-30(14-12-29)37(46)49-39(3,4)5/h11-14,18,31,33-36H,1,15-17,19-27H2,2-10H3/t31-,33+,34-,35+,36+,41-,42+,43+,44+/m0/s1. The molecule has 5 heteroatoms. The van der Waals surface area contributed by atoms with Crippen molar-refractivity contribution in [1.29, 1.82) is 0 Å². The van der Waals surface area contributed by atoms with E-state index < -0.39 is 5.60 Å². The Balaban J connectivity index is 1.18. The van der Waals surface area contributed by atoms with E-state index in [4.69, 9.17) is 9.47 Å². The van der Waals surface area contributed by atoms with Gasteiger partial charge in [-0.25, -0.2) is 9.59 Å². The van der Waals surface area contributed by atoms with E-state index >= 15 is 0 Å². The second kappa shape index (κ2) is 11.5. The first-order valence-electron chi connectivity index (χ1n) is 19.5. The molecule has 9 atom stereocenters. The van der Waals surface area contributed by atoms with Gasteiger partial charge in [-0.3, -0.25) is 0 Å². The average Bonchev–Trinajstić information content (AvgIpc) is 3.60. The fourth-order valence-corrected chi connectivity index (χ4v) is 13.7. The molecule has 1 amide bonds. The third kappa shape index (κ3) is 5.20. The van der Waals surface area contributed by atoms with Crippen molar-refractivity contribution in [3.8, 4) is 0 Å². The molecule has 0 aromatic heterocycles. The zero-order chi connectivity index (χ0) is 35.4. The van der Waals surface area contributed by atoms with Crippen LogP contribution in [0.1, 0.15) is 136 Å². The van der Waals surface area contributed by atoms with E-state index in [9.17, 15) is 9.59 Å². The summed E-state index contributed by atoms with van der Waals surface area (Å²) in [7, 11) is 0. The van der Waals surface area contributed by atoms with Crippen molar-refractivity contribution in [1.82, 2.24) is 4.90 Å². The first kappa shape index (κ1) is 34.9. The predicted molar refractivity (Wildman–Crippen MR) is 197 cm³/mol. The van der Waals surface area contributed by atoms with Gasteiger partial charge in [0.15, 0.2) is 0 Å². The maximum absolute atomic E-state index is 12.8. The molecule has 1 saturated heterocycles. The molecule has 5 nitrogen and oxygen atoms in total. The molecule has 4 saturated carbocycles. The maximum atomic E-state index is 12.8. The summed E-state index contributed by atoms with van der Waals surface area (Å²) in [4.78, 5) is 27.5. The molecule has 0 radical (unpaired) electrons. The molecule has 5 fully saturated rings. The molecule has 5 aliphatic carbocycles. The molecule has 0 unspecified atom stereocenters. The highest BCUT2D eigenvalue weighted by atomic mass is 16.6. The SMILES string of the molecule is C=C(C)[C@@H]1CC[C@]2(CN3CCOC3=O)CC[C@]3(C)[C@H](CC[C@@H]4[C@@]5(C)CC=C(c6ccc(C(=O)OC(C)(C)C)cc6)C(C)(C)[C@@H]5CC[C@]43C)[C@@H]12. The number of carbonyl (C=O) groups is 2. The maximum Gasteiger partial charge on any atom is 0.409 e. The molecule has 1 heterocycles. The normalized spacial score (nSPS) is 41.1. The fraction of sp³-hybridized carbons (Fsp3) is 0.727. The van der Waals surface area contributed by atoms with Crippen LogP contribution in [-0.2, 0) is 9.47 Å². The molecule has 1 aliphatic heterocycles. The summed E-state index contributed by atoms with van der Waals surface area (Å²) in [5.74, 6) is 2.83. The predicted octanol–water partition coefficient (Wildman–Crippen LogP) is 10.7. The van der Waals surface area contributed by atoms with Crippen LogP contribution >= 0.6 is 0 Å². The summed E-state index contributed by atoms with van der Waals surface area (Å²) < 4.78 is 11.1. The number of nitrogens with zero attached hydrogens (tertiary/aromatic N) is 1. The summed E-state index contributed by atoms with van der Waals surface area (Å²) in [6.45, 7) is 27.8. The lowest BCUT2D eigenvalue weighted by Crippen LogP contribution is -2.66. The van der Waals surface area contributed by atoms with E-state index in [0.29, 0.717) is 41.8 Å². The molecule has 49 heavy (non-hydrogen) atoms. The van der Waals surface area contributed by atoms with Crippen molar-refractivity contribution in [3.05, 3.63) is 53.6 Å². The van der Waals surface area contributed by atoms with Crippen LogP contribution in [0, 0.1) is 56.7 Å². The van der Waals surface area contributed by atoms with Gasteiger partial charge < -0.3 is 14.4 Å².